The van der Waals surface area contributed by atoms with Crippen LogP contribution >= 0.6 is 11.6 Å². The second-order valence-corrected chi connectivity index (χ2v) is 16.7. The number of piperidine rings is 1. The van der Waals surface area contributed by atoms with Crippen LogP contribution in [0.4, 0.5) is 10.7 Å². The maximum Gasteiger partial charge on any atom is 0.410 e. The lowest BCUT2D eigenvalue weighted by Gasteiger charge is -2.48. The van der Waals surface area contributed by atoms with Gasteiger partial charge in [0.25, 0.3) is 0 Å². The number of hydrogen-bond acceptors (Lipinski definition) is 9. The zero-order valence-corrected chi connectivity index (χ0v) is 31.3. The average molecular weight is 712 g/mol. The van der Waals surface area contributed by atoms with E-state index in [-0.39, 0.29) is 11.5 Å². The number of ether oxygens (including phenoxy) is 2. The molecular weight excluding hydrogens is 662 g/mol. The van der Waals surface area contributed by atoms with E-state index in [1.807, 2.05) is 62.2 Å². The number of amides is 1. The quantitative estimate of drug-likeness (QED) is 0.265. The van der Waals surface area contributed by atoms with Gasteiger partial charge in [-0.15, -0.1) is 0 Å². The van der Waals surface area contributed by atoms with Crippen LogP contribution in [0.5, 0.6) is 5.75 Å². The second kappa shape index (κ2) is 14.3. The number of hydrogen-bond donors (Lipinski definition) is 0. The first-order valence-electron chi connectivity index (χ1n) is 18.3. The predicted octanol–water partition coefficient (Wildman–Crippen LogP) is 6.36. The highest BCUT2D eigenvalue weighted by molar-refractivity contribution is 6.30. The third-order valence-electron chi connectivity index (χ3n) is 11.3. The molecule has 0 bridgehead atoms. The molecule has 0 N–H and O–H groups in total. The minimum atomic E-state index is -0.447. The third kappa shape index (κ3) is 7.96. The van der Waals surface area contributed by atoms with Gasteiger partial charge in [0.05, 0.1) is 17.3 Å². The molecule has 10 nitrogen and oxygen atoms in total. The number of carbonyl (C=O) groups excluding carboxylic acids is 1. The standard InChI is InChI=1S/C40H50ClN7O3/c1-39(2,3)51-38(49)48-24-35(25-48)45-14-11-34(12-15-45)46-20-28-22-47(23-29(28)21-46)37-43-13-10-33(44-37)26-50-36-8-6-30(7-9-36)40(4,5)31-16-27(19-42)17-32(41)18-31/h6-10,13,16-18,28-29,34-35H,11-12,14-15,20-26H2,1-5H3. The fourth-order valence-corrected chi connectivity index (χ4v) is 8.43. The van der Waals surface area contributed by atoms with E-state index in [2.05, 4.69) is 51.7 Å². The van der Waals surface area contributed by atoms with Crippen LogP contribution in [0.25, 0.3) is 0 Å². The number of aromatic nitrogens is 2. The summed E-state index contributed by atoms with van der Waals surface area (Å²) < 4.78 is 11.7. The molecule has 270 valence electrons. The van der Waals surface area contributed by atoms with Gasteiger partial charge in [-0.05, 0) is 93.0 Å². The number of nitrogens with zero attached hydrogens (tertiary/aromatic N) is 7. The Balaban J connectivity index is 0.862. The molecule has 0 radical (unpaired) electrons. The first kappa shape index (κ1) is 35.5. The van der Waals surface area contributed by atoms with E-state index in [0.29, 0.717) is 41.1 Å². The Bertz CT molecular complexity index is 1740. The number of nitriles is 1. The summed E-state index contributed by atoms with van der Waals surface area (Å²) in [6.07, 6.45) is 4.05. The Morgan fingerprint density at radius 2 is 1.57 bits per heavy atom. The highest BCUT2D eigenvalue weighted by atomic mass is 35.5. The van der Waals surface area contributed by atoms with Crippen molar-refractivity contribution in [1.29, 1.82) is 5.26 Å². The number of fused-ring (bicyclic) bond motifs is 1. The van der Waals surface area contributed by atoms with Gasteiger partial charge < -0.3 is 19.3 Å². The summed E-state index contributed by atoms with van der Waals surface area (Å²) in [7, 11) is 0. The molecule has 4 fully saturated rings. The summed E-state index contributed by atoms with van der Waals surface area (Å²) in [6, 6.07) is 18.9. The molecule has 5 heterocycles. The molecule has 2 aromatic carbocycles. The van der Waals surface area contributed by atoms with Crippen molar-refractivity contribution in [3.05, 3.63) is 82.1 Å². The van der Waals surface area contributed by atoms with Gasteiger partial charge in [-0.2, -0.15) is 5.26 Å². The molecule has 2 unspecified atom stereocenters. The lowest BCUT2D eigenvalue weighted by Crippen LogP contribution is -2.63. The van der Waals surface area contributed by atoms with Gasteiger partial charge in [0.2, 0.25) is 5.95 Å². The summed E-state index contributed by atoms with van der Waals surface area (Å²) in [5.41, 5.74) is 2.74. The first-order valence-corrected chi connectivity index (χ1v) is 18.7. The topological polar surface area (TPSA) is 98.1 Å². The number of halogens is 1. The average Bonchev–Trinajstić information content (AvgIpc) is 3.66. The van der Waals surface area contributed by atoms with E-state index in [1.165, 1.54) is 12.8 Å². The summed E-state index contributed by atoms with van der Waals surface area (Å²) in [6.45, 7) is 18.4. The van der Waals surface area contributed by atoms with Gasteiger partial charge in [0, 0.05) is 81.1 Å². The van der Waals surface area contributed by atoms with Gasteiger partial charge in [-0.25, -0.2) is 14.8 Å². The minimum absolute atomic E-state index is 0.188. The summed E-state index contributed by atoms with van der Waals surface area (Å²) in [5, 5.41) is 9.96. The molecule has 4 saturated heterocycles. The fraction of sp³-hybridized carbons (Fsp3) is 0.550. The van der Waals surface area contributed by atoms with Crippen molar-refractivity contribution in [2.24, 2.45) is 11.8 Å². The Hall–Kier alpha value is -3.91. The molecule has 4 aliphatic heterocycles. The van der Waals surface area contributed by atoms with Crippen molar-refractivity contribution >= 4 is 23.6 Å². The highest BCUT2D eigenvalue weighted by Crippen LogP contribution is 2.37. The van der Waals surface area contributed by atoms with Gasteiger partial charge >= 0.3 is 6.09 Å². The normalized spacial score (nSPS) is 22.1. The SMILES string of the molecule is CC(C)(C)OC(=O)N1CC(N2CCC(N3CC4CN(c5nccc(COc6ccc(C(C)(C)c7cc(Cl)cc(C#N)c7)cc6)n5)CC4C3)CC2)C1. The molecule has 4 aliphatic rings. The van der Waals surface area contributed by atoms with E-state index in [0.717, 1.165) is 80.9 Å². The lowest BCUT2D eigenvalue weighted by molar-refractivity contribution is -0.0238. The first-order chi connectivity index (χ1) is 24.3. The van der Waals surface area contributed by atoms with Crippen LogP contribution in [-0.4, -0.2) is 101 Å². The largest absolute Gasteiger partial charge is 0.487 e. The number of likely N-dealkylation sites (tertiary alicyclic amines) is 3. The zero-order chi connectivity index (χ0) is 35.9. The minimum Gasteiger partial charge on any atom is -0.487 e. The van der Waals surface area contributed by atoms with E-state index >= 15 is 0 Å². The molecule has 11 heteroatoms. The van der Waals surface area contributed by atoms with Gasteiger partial charge in [0.1, 0.15) is 18.0 Å². The Morgan fingerprint density at radius 3 is 2.22 bits per heavy atom. The Morgan fingerprint density at radius 1 is 0.882 bits per heavy atom. The number of rotatable bonds is 8. The molecular formula is C40H50ClN7O3. The molecule has 2 atom stereocenters. The molecule has 1 amide bonds. The van der Waals surface area contributed by atoms with Crippen molar-refractivity contribution in [3.63, 3.8) is 0 Å². The van der Waals surface area contributed by atoms with Crippen molar-refractivity contribution < 1.29 is 14.3 Å². The van der Waals surface area contributed by atoms with Crippen molar-refractivity contribution in [2.45, 2.75) is 77.2 Å². The van der Waals surface area contributed by atoms with Crippen molar-refractivity contribution in [1.82, 2.24) is 24.7 Å². The van der Waals surface area contributed by atoms with E-state index in [4.69, 9.17) is 26.1 Å². The molecule has 7 rings (SSSR count). The monoisotopic (exact) mass is 711 g/mol. The van der Waals surface area contributed by atoms with Gasteiger partial charge in [-0.3, -0.25) is 9.80 Å². The van der Waals surface area contributed by atoms with Crippen LogP contribution in [-0.2, 0) is 16.8 Å². The van der Waals surface area contributed by atoms with Gasteiger partial charge in [-0.1, -0.05) is 37.6 Å². The van der Waals surface area contributed by atoms with Gasteiger partial charge in [0.15, 0.2) is 0 Å². The Kier molecular flexibility index (Phi) is 9.92. The van der Waals surface area contributed by atoms with E-state index in [9.17, 15) is 10.1 Å². The fourth-order valence-electron chi connectivity index (χ4n) is 8.19. The van der Waals surface area contributed by atoms with E-state index in [1.54, 1.807) is 6.07 Å². The third-order valence-corrected chi connectivity index (χ3v) is 11.5. The van der Waals surface area contributed by atoms with Crippen LogP contribution in [0, 0.1) is 23.2 Å². The predicted molar refractivity (Wildman–Crippen MR) is 198 cm³/mol. The lowest BCUT2D eigenvalue weighted by atomic mass is 9.78. The maximum absolute atomic E-state index is 12.3. The smallest absolute Gasteiger partial charge is 0.410 e. The van der Waals surface area contributed by atoms with Crippen LogP contribution < -0.4 is 9.64 Å². The van der Waals surface area contributed by atoms with Crippen LogP contribution in [0.1, 0.15) is 69.8 Å². The van der Waals surface area contributed by atoms with Crippen LogP contribution in [0.2, 0.25) is 5.02 Å². The number of carbonyl (C=O) groups is 1. The molecule has 51 heavy (non-hydrogen) atoms. The molecule has 3 aromatic rings. The summed E-state index contributed by atoms with van der Waals surface area (Å²) in [5.74, 6) is 2.85. The molecule has 0 saturated carbocycles. The second-order valence-electron chi connectivity index (χ2n) is 16.3. The number of anilines is 1. The van der Waals surface area contributed by atoms with Crippen molar-refractivity contribution in [2.75, 3.05) is 57.3 Å². The van der Waals surface area contributed by atoms with Crippen LogP contribution in [0.15, 0.2) is 54.7 Å². The highest BCUT2D eigenvalue weighted by Gasteiger charge is 2.44. The summed E-state index contributed by atoms with van der Waals surface area (Å²) >= 11 is 6.30. The zero-order valence-electron chi connectivity index (χ0n) is 30.5. The van der Waals surface area contributed by atoms with Crippen LogP contribution in [0.3, 0.4) is 0 Å². The van der Waals surface area contributed by atoms with E-state index < -0.39 is 5.60 Å². The Labute approximate surface area is 307 Å². The number of benzene rings is 2. The van der Waals surface area contributed by atoms with Crippen molar-refractivity contribution in [3.8, 4) is 11.8 Å². The molecule has 1 aromatic heterocycles. The summed E-state index contributed by atoms with van der Waals surface area (Å²) in [4.78, 5) is 31.4. The molecule has 0 spiro atoms. The maximum atomic E-state index is 12.3. The molecule has 0 aliphatic carbocycles.